The molecule has 0 aromatic heterocycles. The van der Waals surface area contributed by atoms with Crippen LogP contribution < -0.4 is 4.74 Å². The van der Waals surface area contributed by atoms with Crippen LogP contribution in [0.1, 0.15) is 29.3 Å². The number of carboxylic acids is 1. The Labute approximate surface area is 93.3 Å². The number of hydrogen-bond donors (Lipinski definition) is 1. The molecule has 1 aromatic carbocycles. The molecule has 0 aliphatic carbocycles. The maximum absolute atomic E-state index is 10.9. The lowest BCUT2D eigenvalue weighted by Crippen LogP contribution is -2.26. The summed E-state index contributed by atoms with van der Waals surface area (Å²) in [5, 5.41) is 8.91. The zero-order valence-electron chi connectivity index (χ0n) is 8.86. The molecular weight excluding hydrogens is 206 g/mol. The molecule has 1 heterocycles. The second kappa shape index (κ2) is 3.53. The molecule has 1 aliphatic rings. The first-order chi connectivity index (χ1) is 7.57. The second-order valence-electron chi connectivity index (χ2n) is 4.00. The van der Waals surface area contributed by atoms with E-state index < -0.39 is 11.5 Å². The van der Waals surface area contributed by atoms with E-state index in [0.717, 1.165) is 0 Å². The number of aromatic carboxylic acids is 1. The highest BCUT2D eigenvalue weighted by molar-refractivity contribution is 5.88. The van der Waals surface area contributed by atoms with E-state index in [1.165, 1.54) is 12.1 Å². The number of nitrogens with zero attached hydrogens (tertiary/aromatic N) is 1. The molecule has 2 rings (SSSR count). The molecule has 0 saturated carbocycles. The summed E-state index contributed by atoms with van der Waals surface area (Å²) in [6, 6.07) is 4.66. The Morgan fingerprint density at radius 2 is 2.38 bits per heavy atom. The number of rotatable bonds is 1. The van der Waals surface area contributed by atoms with Gasteiger partial charge in [-0.25, -0.2) is 11.4 Å². The van der Waals surface area contributed by atoms with Gasteiger partial charge in [0, 0.05) is 6.92 Å². The summed E-state index contributed by atoms with van der Waals surface area (Å²) in [5.41, 5.74) is 0.201. The Morgan fingerprint density at radius 3 is 3.00 bits per heavy atom. The zero-order chi connectivity index (χ0) is 11.8. The van der Waals surface area contributed by atoms with E-state index in [1.807, 2.05) is 6.92 Å². The first kappa shape index (κ1) is 10.5. The maximum Gasteiger partial charge on any atom is 0.335 e. The van der Waals surface area contributed by atoms with Gasteiger partial charge in [-0.1, -0.05) is 0 Å². The quantitative estimate of drug-likeness (QED) is 0.734. The number of ether oxygens (including phenoxy) is 1. The van der Waals surface area contributed by atoms with Gasteiger partial charge in [-0.3, -0.25) is 0 Å². The van der Waals surface area contributed by atoms with Gasteiger partial charge in [-0.05, 0) is 18.2 Å². The molecule has 0 saturated heterocycles. The van der Waals surface area contributed by atoms with Gasteiger partial charge in [0.05, 0.1) is 24.2 Å². The summed E-state index contributed by atoms with van der Waals surface area (Å²) >= 11 is 0. The normalized spacial score (nSPS) is 22.8. The lowest BCUT2D eigenvalue weighted by molar-refractivity contribution is 0.0696. The molecule has 0 fully saturated rings. The summed E-state index contributed by atoms with van der Waals surface area (Å²) in [5.74, 6) is -0.365. The fourth-order valence-electron chi connectivity index (χ4n) is 1.82. The summed E-state index contributed by atoms with van der Waals surface area (Å²) < 4.78 is 5.42. The smallest absolute Gasteiger partial charge is 0.335 e. The van der Waals surface area contributed by atoms with Crippen LogP contribution in [0.2, 0.25) is 0 Å². The lowest BCUT2D eigenvalue weighted by Gasteiger charge is -2.26. The van der Waals surface area contributed by atoms with E-state index in [0.29, 0.717) is 24.3 Å². The number of carboxylic acid groups (broad SMARTS) is 1. The third-order valence-corrected chi connectivity index (χ3v) is 2.90. The van der Waals surface area contributed by atoms with Crippen LogP contribution in [0.25, 0.3) is 4.85 Å². The fourth-order valence-corrected chi connectivity index (χ4v) is 1.82. The van der Waals surface area contributed by atoms with Crippen molar-refractivity contribution in [2.75, 3.05) is 6.61 Å². The van der Waals surface area contributed by atoms with Crippen molar-refractivity contribution in [2.24, 2.45) is 0 Å². The fraction of sp³-hybridized carbons (Fsp3) is 0.333. The summed E-state index contributed by atoms with van der Waals surface area (Å²) in [4.78, 5) is 14.5. The molecule has 4 nitrogen and oxygen atoms in total. The van der Waals surface area contributed by atoms with Gasteiger partial charge < -0.3 is 14.7 Å². The molecule has 1 aromatic rings. The van der Waals surface area contributed by atoms with Gasteiger partial charge in [-0.2, -0.15) is 0 Å². The molecule has 0 spiro atoms. The van der Waals surface area contributed by atoms with E-state index in [2.05, 4.69) is 4.85 Å². The third-order valence-electron chi connectivity index (χ3n) is 2.90. The average Bonchev–Trinajstić information content (AvgIpc) is 2.29. The number of benzene rings is 1. The highest BCUT2D eigenvalue weighted by atomic mass is 16.5. The predicted molar refractivity (Wildman–Crippen MR) is 57.5 cm³/mol. The summed E-state index contributed by atoms with van der Waals surface area (Å²) in [6.07, 6.45) is 0.590. The Bertz CT molecular complexity index is 490. The number of hydrogen-bond acceptors (Lipinski definition) is 2. The summed E-state index contributed by atoms with van der Waals surface area (Å²) in [6.45, 7) is 9.54. The molecule has 1 aliphatic heterocycles. The minimum absolute atomic E-state index is 0.194. The number of fused-ring (bicyclic) bond motifs is 1. The van der Waals surface area contributed by atoms with E-state index in [1.54, 1.807) is 6.07 Å². The van der Waals surface area contributed by atoms with Gasteiger partial charge >= 0.3 is 5.97 Å². The molecule has 0 radical (unpaired) electrons. The van der Waals surface area contributed by atoms with Crippen molar-refractivity contribution < 1.29 is 14.6 Å². The van der Waals surface area contributed by atoms with E-state index in [4.69, 9.17) is 16.4 Å². The van der Waals surface area contributed by atoms with E-state index in [9.17, 15) is 4.79 Å². The van der Waals surface area contributed by atoms with Crippen LogP contribution in [-0.4, -0.2) is 17.7 Å². The monoisotopic (exact) mass is 217 g/mol. The molecule has 16 heavy (non-hydrogen) atoms. The van der Waals surface area contributed by atoms with E-state index >= 15 is 0 Å². The Morgan fingerprint density at radius 1 is 1.62 bits per heavy atom. The molecule has 1 unspecified atom stereocenters. The van der Waals surface area contributed by atoms with Crippen LogP contribution in [0, 0.1) is 6.57 Å². The van der Waals surface area contributed by atoms with Crippen LogP contribution in [0.3, 0.4) is 0 Å². The highest BCUT2D eigenvalue weighted by Gasteiger charge is 2.39. The van der Waals surface area contributed by atoms with Gasteiger partial charge in [0.15, 0.2) is 0 Å². The molecule has 1 N–H and O–H groups in total. The van der Waals surface area contributed by atoms with Crippen LogP contribution in [0.5, 0.6) is 5.75 Å². The zero-order valence-corrected chi connectivity index (χ0v) is 8.86. The van der Waals surface area contributed by atoms with Crippen LogP contribution in [-0.2, 0) is 5.54 Å². The predicted octanol–water partition coefficient (Wildman–Crippen LogP) is 2.30. The van der Waals surface area contributed by atoms with Crippen molar-refractivity contribution >= 4 is 5.97 Å². The Hall–Kier alpha value is -2.02. The van der Waals surface area contributed by atoms with Crippen molar-refractivity contribution in [3.8, 4) is 5.75 Å². The van der Waals surface area contributed by atoms with Crippen LogP contribution in [0.15, 0.2) is 18.2 Å². The average molecular weight is 217 g/mol. The SMILES string of the molecule is [C-]#[N+]C1(C)CCOc2ccc(C(=O)O)cc21. The van der Waals surface area contributed by atoms with Gasteiger partial charge in [0.1, 0.15) is 5.75 Å². The first-order valence-electron chi connectivity index (χ1n) is 4.96. The van der Waals surface area contributed by atoms with Crippen LogP contribution in [0.4, 0.5) is 0 Å². The third kappa shape index (κ3) is 1.50. The summed E-state index contributed by atoms with van der Waals surface area (Å²) in [7, 11) is 0. The van der Waals surface area contributed by atoms with E-state index in [-0.39, 0.29) is 5.56 Å². The minimum Gasteiger partial charge on any atom is -0.493 e. The Balaban J connectivity index is 2.58. The van der Waals surface area contributed by atoms with Gasteiger partial charge in [0.2, 0.25) is 0 Å². The van der Waals surface area contributed by atoms with Crippen molar-refractivity contribution in [2.45, 2.75) is 18.9 Å². The molecule has 0 amide bonds. The second-order valence-corrected chi connectivity index (χ2v) is 4.00. The maximum atomic E-state index is 10.9. The standard InChI is InChI=1S/C12H11NO3/c1-12(13-2)5-6-16-10-4-3-8(11(14)15)7-9(10)12/h3-4,7H,5-6H2,1H3,(H,14,15). The lowest BCUT2D eigenvalue weighted by atomic mass is 9.86. The van der Waals surface area contributed by atoms with Crippen molar-refractivity contribution in [1.29, 1.82) is 0 Å². The topological polar surface area (TPSA) is 50.9 Å². The Kier molecular flexibility index (Phi) is 2.31. The van der Waals surface area contributed by atoms with Crippen molar-refractivity contribution in [1.82, 2.24) is 0 Å². The highest BCUT2D eigenvalue weighted by Crippen LogP contribution is 2.40. The van der Waals surface area contributed by atoms with Crippen molar-refractivity contribution in [3.05, 3.63) is 40.7 Å². The molecule has 4 heteroatoms. The molecule has 0 bridgehead atoms. The first-order valence-corrected chi connectivity index (χ1v) is 4.96. The van der Waals surface area contributed by atoms with Gasteiger partial charge in [0.25, 0.3) is 5.54 Å². The number of carbonyl (C=O) groups is 1. The molecular formula is C12H11NO3. The van der Waals surface area contributed by atoms with Crippen molar-refractivity contribution in [3.63, 3.8) is 0 Å². The van der Waals surface area contributed by atoms with Gasteiger partial charge in [-0.15, -0.1) is 0 Å². The molecule has 1 atom stereocenters. The van der Waals surface area contributed by atoms with Crippen LogP contribution >= 0.6 is 0 Å². The minimum atomic E-state index is -0.985. The largest absolute Gasteiger partial charge is 0.493 e. The molecule has 82 valence electrons.